The fourth-order valence-corrected chi connectivity index (χ4v) is 2.04. The van der Waals surface area contributed by atoms with E-state index in [0.717, 1.165) is 10.2 Å². The van der Waals surface area contributed by atoms with Gasteiger partial charge in [0.2, 0.25) is 0 Å². The minimum atomic E-state index is 0.142. The molecule has 0 aliphatic heterocycles. The molecule has 0 saturated carbocycles. The van der Waals surface area contributed by atoms with Crippen molar-refractivity contribution in [3.63, 3.8) is 0 Å². The summed E-state index contributed by atoms with van der Waals surface area (Å²) in [7, 11) is 1.95. The molecule has 1 unspecified atom stereocenters. The molecule has 0 saturated heterocycles. The summed E-state index contributed by atoms with van der Waals surface area (Å²) in [5, 5.41) is 3.30. The van der Waals surface area contributed by atoms with Crippen LogP contribution in [0, 0.1) is 6.92 Å². The van der Waals surface area contributed by atoms with Gasteiger partial charge in [-0.1, -0.05) is 29.8 Å². The Hall–Kier alpha value is -1.19. The van der Waals surface area contributed by atoms with Gasteiger partial charge in [-0.2, -0.15) is 0 Å². The molecule has 0 aliphatic rings. The van der Waals surface area contributed by atoms with Crippen molar-refractivity contribution in [2.75, 3.05) is 7.05 Å². The number of aryl methyl sites for hydroxylation is 1. The summed E-state index contributed by atoms with van der Waals surface area (Å²) in [6.07, 6.45) is 1.83. The first-order valence-corrected chi connectivity index (χ1v) is 6.35. The van der Waals surface area contributed by atoms with E-state index in [4.69, 9.17) is 0 Å². The number of hydrogen-bond acceptors (Lipinski definition) is 2. The normalized spacial score (nSPS) is 12.4. The van der Waals surface area contributed by atoms with Crippen LogP contribution in [0.5, 0.6) is 0 Å². The first kappa shape index (κ1) is 12.3. The minimum Gasteiger partial charge on any atom is -0.308 e. The second-order valence-corrected chi connectivity index (χ2v) is 4.95. The predicted molar refractivity (Wildman–Crippen MR) is 74.0 cm³/mol. The highest BCUT2D eigenvalue weighted by Crippen LogP contribution is 2.21. The lowest BCUT2D eigenvalue weighted by Gasteiger charge is -2.16. The molecular formula is C14H15BrN2. The number of pyridine rings is 1. The molecule has 0 amide bonds. The van der Waals surface area contributed by atoms with Gasteiger partial charge in [0, 0.05) is 10.7 Å². The Morgan fingerprint density at radius 3 is 2.35 bits per heavy atom. The van der Waals surface area contributed by atoms with Gasteiger partial charge in [-0.05, 0) is 47.6 Å². The van der Waals surface area contributed by atoms with Gasteiger partial charge in [0.25, 0.3) is 0 Å². The predicted octanol–water partition coefficient (Wildman–Crippen LogP) is 3.46. The van der Waals surface area contributed by atoms with Crippen LogP contribution < -0.4 is 5.32 Å². The number of nitrogens with one attached hydrogen (secondary N) is 1. The minimum absolute atomic E-state index is 0.142. The molecule has 1 N–H and O–H groups in total. The summed E-state index contributed by atoms with van der Waals surface area (Å²) in [6, 6.07) is 12.7. The molecule has 17 heavy (non-hydrogen) atoms. The Labute approximate surface area is 110 Å². The van der Waals surface area contributed by atoms with Crippen molar-refractivity contribution < 1.29 is 0 Å². The maximum Gasteiger partial charge on any atom is 0.0748 e. The van der Waals surface area contributed by atoms with Crippen molar-refractivity contribution in [3.8, 4) is 0 Å². The molecule has 1 atom stereocenters. The van der Waals surface area contributed by atoms with E-state index in [9.17, 15) is 0 Å². The zero-order valence-corrected chi connectivity index (χ0v) is 11.5. The Bertz CT molecular complexity index is 431. The lowest BCUT2D eigenvalue weighted by molar-refractivity contribution is 0.670. The van der Waals surface area contributed by atoms with Crippen LogP contribution in [-0.4, -0.2) is 12.0 Å². The highest BCUT2D eigenvalue weighted by molar-refractivity contribution is 9.10. The molecule has 0 bridgehead atoms. The van der Waals surface area contributed by atoms with Gasteiger partial charge in [0.15, 0.2) is 0 Å². The molecule has 0 fully saturated rings. The summed E-state index contributed by atoms with van der Waals surface area (Å²) < 4.78 is 1.00. The van der Waals surface area contributed by atoms with Gasteiger partial charge in [-0.15, -0.1) is 0 Å². The molecule has 2 rings (SSSR count). The average molecular weight is 291 g/mol. The molecule has 1 heterocycles. The molecule has 0 spiro atoms. The van der Waals surface area contributed by atoms with Crippen molar-refractivity contribution in [3.05, 3.63) is 63.9 Å². The zero-order valence-electron chi connectivity index (χ0n) is 9.94. The third kappa shape index (κ3) is 2.93. The molecule has 0 aliphatic carbocycles. The number of rotatable bonds is 3. The zero-order chi connectivity index (χ0) is 12.3. The third-order valence-corrected chi connectivity index (χ3v) is 3.21. The van der Waals surface area contributed by atoms with Gasteiger partial charge >= 0.3 is 0 Å². The van der Waals surface area contributed by atoms with Gasteiger partial charge < -0.3 is 5.32 Å². The fourth-order valence-electron chi connectivity index (χ4n) is 1.80. The first-order chi connectivity index (χ1) is 8.20. The number of benzene rings is 1. The van der Waals surface area contributed by atoms with Crippen LogP contribution in [0.15, 0.2) is 47.1 Å². The maximum absolute atomic E-state index is 4.44. The average Bonchev–Trinajstić information content (AvgIpc) is 2.35. The summed E-state index contributed by atoms with van der Waals surface area (Å²) in [6.45, 7) is 2.09. The van der Waals surface area contributed by atoms with Crippen LogP contribution in [0.2, 0.25) is 0 Å². The summed E-state index contributed by atoms with van der Waals surface area (Å²) >= 11 is 3.40. The highest BCUT2D eigenvalue weighted by Gasteiger charge is 2.12. The number of hydrogen-bond donors (Lipinski definition) is 1. The van der Waals surface area contributed by atoms with Crippen molar-refractivity contribution in [2.45, 2.75) is 13.0 Å². The van der Waals surface area contributed by atoms with Gasteiger partial charge in [0.1, 0.15) is 0 Å². The van der Waals surface area contributed by atoms with Crippen LogP contribution in [0.3, 0.4) is 0 Å². The molecule has 88 valence electrons. The van der Waals surface area contributed by atoms with Crippen LogP contribution >= 0.6 is 15.9 Å². The molecule has 3 heteroatoms. The van der Waals surface area contributed by atoms with E-state index in [1.54, 1.807) is 0 Å². The van der Waals surface area contributed by atoms with Crippen molar-refractivity contribution >= 4 is 15.9 Å². The molecule has 1 aromatic heterocycles. The van der Waals surface area contributed by atoms with E-state index in [2.05, 4.69) is 57.4 Å². The number of nitrogens with zero attached hydrogens (tertiary/aromatic N) is 1. The van der Waals surface area contributed by atoms with E-state index in [-0.39, 0.29) is 6.04 Å². The van der Waals surface area contributed by atoms with E-state index >= 15 is 0 Å². The van der Waals surface area contributed by atoms with Crippen LogP contribution in [-0.2, 0) is 0 Å². The molecule has 0 radical (unpaired) electrons. The molecule has 1 aromatic carbocycles. The first-order valence-electron chi connectivity index (χ1n) is 5.56. The molecule has 2 nitrogen and oxygen atoms in total. The SMILES string of the molecule is CNC(c1ccc(C)cc1)c1ccc(Br)cn1. The van der Waals surface area contributed by atoms with Gasteiger partial charge in [0.05, 0.1) is 11.7 Å². The Morgan fingerprint density at radius 1 is 1.12 bits per heavy atom. The molecule has 2 aromatic rings. The van der Waals surface area contributed by atoms with Gasteiger partial charge in [-0.3, -0.25) is 4.98 Å². The number of aromatic nitrogens is 1. The third-order valence-electron chi connectivity index (χ3n) is 2.75. The molecular weight excluding hydrogens is 276 g/mol. The fraction of sp³-hybridized carbons (Fsp3) is 0.214. The lowest BCUT2D eigenvalue weighted by Crippen LogP contribution is -2.18. The van der Waals surface area contributed by atoms with E-state index < -0.39 is 0 Å². The van der Waals surface area contributed by atoms with Crippen LogP contribution in [0.4, 0.5) is 0 Å². The van der Waals surface area contributed by atoms with E-state index in [0.29, 0.717) is 0 Å². The summed E-state index contributed by atoms with van der Waals surface area (Å²) in [5.41, 5.74) is 3.53. The van der Waals surface area contributed by atoms with E-state index in [1.165, 1.54) is 11.1 Å². The van der Waals surface area contributed by atoms with E-state index in [1.807, 2.05) is 25.4 Å². The Morgan fingerprint density at radius 2 is 1.82 bits per heavy atom. The summed E-state index contributed by atoms with van der Waals surface area (Å²) in [5.74, 6) is 0. The highest BCUT2D eigenvalue weighted by atomic mass is 79.9. The van der Waals surface area contributed by atoms with Crippen molar-refractivity contribution in [1.82, 2.24) is 10.3 Å². The van der Waals surface area contributed by atoms with Crippen LogP contribution in [0.25, 0.3) is 0 Å². The summed E-state index contributed by atoms with van der Waals surface area (Å²) in [4.78, 5) is 4.44. The monoisotopic (exact) mass is 290 g/mol. The standard InChI is InChI=1S/C14H15BrN2/c1-10-3-5-11(6-4-10)14(16-2)13-8-7-12(15)9-17-13/h3-9,14,16H,1-2H3. The Balaban J connectivity index is 2.33. The van der Waals surface area contributed by atoms with Crippen molar-refractivity contribution in [1.29, 1.82) is 0 Å². The topological polar surface area (TPSA) is 24.9 Å². The maximum atomic E-state index is 4.44. The van der Waals surface area contributed by atoms with Crippen molar-refractivity contribution in [2.24, 2.45) is 0 Å². The quantitative estimate of drug-likeness (QED) is 0.936. The number of halogens is 1. The lowest BCUT2D eigenvalue weighted by atomic mass is 10.0. The second-order valence-electron chi connectivity index (χ2n) is 4.03. The van der Waals surface area contributed by atoms with Gasteiger partial charge in [-0.25, -0.2) is 0 Å². The Kier molecular flexibility index (Phi) is 3.92. The largest absolute Gasteiger partial charge is 0.308 e. The van der Waals surface area contributed by atoms with Crippen LogP contribution in [0.1, 0.15) is 22.9 Å². The second kappa shape index (κ2) is 5.43. The smallest absolute Gasteiger partial charge is 0.0748 e.